The molecule has 9 N–H and O–H groups in total. The molecule has 0 aliphatic heterocycles. The van der Waals surface area contributed by atoms with E-state index in [0.29, 0.717) is 0 Å². The van der Waals surface area contributed by atoms with Crippen LogP contribution in [0.4, 0.5) is 0 Å². The molecule has 0 rings (SSSR count). The van der Waals surface area contributed by atoms with Gasteiger partial charge in [0.2, 0.25) is 0 Å². The second-order valence-corrected chi connectivity index (χ2v) is 9.50. The van der Waals surface area contributed by atoms with Crippen LogP contribution in [0.2, 0.25) is 0 Å². The second kappa shape index (κ2) is 10.1. The van der Waals surface area contributed by atoms with E-state index in [4.69, 9.17) is 44.0 Å². The molecule has 0 saturated heterocycles. The summed E-state index contributed by atoms with van der Waals surface area (Å²) in [7, 11) is -26.3. The molecule has 17 nitrogen and oxygen atoms in total. The Morgan fingerprint density at radius 1 is 0.478 bits per heavy atom. The summed E-state index contributed by atoms with van der Waals surface area (Å²) in [5, 5.41) is 0. The summed E-state index contributed by atoms with van der Waals surface area (Å²) in [6.45, 7) is 0. The molecule has 0 spiro atoms. The average molecular weight is 460 g/mol. The minimum Gasteiger partial charge on any atom is -1.00 e. The van der Waals surface area contributed by atoms with Crippen molar-refractivity contribution in [3.63, 3.8) is 0 Å². The summed E-state index contributed by atoms with van der Waals surface area (Å²) < 4.78 is 58.6. The fourth-order valence-corrected chi connectivity index (χ4v) is 4.07. The van der Waals surface area contributed by atoms with Crippen molar-refractivity contribution in [1.29, 1.82) is 0 Å². The van der Waals surface area contributed by atoms with Gasteiger partial charge in [-0.25, -0.2) is 22.8 Å². The van der Waals surface area contributed by atoms with Gasteiger partial charge in [0, 0.05) is 0 Å². The summed E-state index contributed by atoms with van der Waals surface area (Å²) in [5.74, 6) is 0. The molecule has 0 atom stereocenters. The summed E-state index contributed by atoms with van der Waals surface area (Å²) >= 11 is 0. The van der Waals surface area contributed by atoms with Crippen molar-refractivity contribution in [2.75, 3.05) is 0 Å². The number of hydrogen-bond donors (Lipinski definition) is 9. The zero-order valence-electron chi connectivity index (χ0n) is 11.5. The molecule has 138 valence electrons. The molecule has 0 saturated carbocycles. The van der Waals surface area contributed by atoms with Crippen molar-refractivity contribution in [3.05, 3.63) is 0 Å². The van der Waals surface area contributed by atoms with Crippen molar-refractivity contribution in [2.24, 2.45) is 0 Å². The molecule has 0 unspecified atom stereocenters. The van der Waals surface area contributed by atoms with Crippen LogP contribution in [0, 0.1) is 0 Å². The van der Waals surface area contributed by atoms with Gasteiger partial charge in [-0.2, -0.15) is 12.9 Å². The van der Waals surface area contributed by atoms with Gasteiger partial charge in [-0.05, 0) is 0 Å². The molecular formula is H10NaO17P5. The van der Waals surface area contributed by atoms with E-state index in [-0.39, 0.29) is 31.0 Å². The molecule has 23 heteroatoms. The third-order valence-corrected chi connectivity index (χ3v) is 5.69. The quantitative estimate of drug-likeness (QED) is 0.134. The molecule has 0 aliphatic rings. The minimum absolute atomic E-state index is 0. The first kappa shape index (κ1) is 29.4. The summed E-state index contributed by atoms with van der Waals surface area (Å²) in [6.07, 6.45) is 0. The first-order valence-corrected chi connectivity index (χ1v) is 11.4. The molecule has 23 heavy (non-hydrogen) atoms. The van der Waals surface area contributed by atoms with Gasteiger partial charge in [0.25, 0.3) is 0 Å². The molecule has 0 aromatic carbocycles. The standard InChI is InChI=1S/Na.H5O10P3.H4O7P2.H/c;1-11(2,3)9-13(7,8)10-12(4,5)6;1-8(2,3)7-9(4,5)6;/h;(H,7,8)(H2,1,2,3)(H2,4,5,6);(H2,1,2,3)(H2,4,5,6);/q+1;;;-1. The molecule has 0 amide bonds. The van der Waals surface area contributed by atoms with Crippen LogP contribution in [0.5, 0.6) is 0 Å². The normalized spacial score (nSPS) is 13.6. The largest absolute Gasteiger partial charge is 1.00 e. The van der Waals surface area contributed by atoms with Crippen LogP contribution >= 0.6 is 39.1 Å². The molecular weight excluding hydrogens is 450 g/mol. The third kappa shape index (κ3) is 28.7. The topological polar surface area (TPSA) is 295 Å². The summed E-state index contributed by atoms with van der Waals surface area (Å²) in [4.78, 5) is 71.2. The van der Waals surface area contributed by atoms with Gasteiger partial charge in [0.15, 0.2) is 0 Å². The maximum atomic E-state index is 10.4. The molecule has 0 aromatic rings. The Bertz CT molecular complexity index is 534. The van der Waals surface area contributed by atoms with E-state index >= 15 is 0 Å². The van der Waals surface area contributed by atoms with E-state index in [1.165, 1.54) is 0 Å². The van der Waals surface area contributed by atoms with Crippen LogP contribution in [-0.2, 0) is 35.8 Å². The Kier molecular flexibility index (Phi) is 13.0. The van der Waals surface area contributed by atoms with E-state index in [1.807, 2.05) is 0 Å². The maximum absolute atomic E-state index is 10.4. The van der Waals surface area contributed by atoms with Crippen molar-refractivity contribution in [2.45, 2.75) is 0 Å². The van der Waals surface area contributed by atoms with Crippen LogP contribution in [0.15, 0.2) is 0 Å². The number of hydrogen-bond acceptors (Lipinski definition) is 8. The zero-order valence-corrected chi connectivity index (χ0v) is 17.0. The zero-order chi connectivity index (χ0) is 18.6. The second-order valence-electron chi connectivity index (χ2n) is 2.68. The summed E-state index contributed by atoms with van der Waals surface area (Å²) in [6, 6.07) is 0. The fraction of sp³-hybridized carbons (Fsp3) is 0. The van der Waals surface area contributed by atoms with Crippen LogP contribution in [-0.4, -0.2) is 44.0 Å². The fourth-order valence-electron chi connectivity index (χ4n) is 0.422. The van der Waals surface area contributed by atoms with Crippen molar-refractivity contribution in [3.8, 4) is 0 Å². The number of rotatable bonds is 6. The van der Waals surface area contributed by atoms with Crippen LogP contribution in [0.3, 0.4) is 0 Å². The molecule has 0 aromatic heterocycles. The van der Waals surface area contributed by atoms with E-state index in [2.05, 4.69) is 12.9 Å². The van der Waals surface area contributed by atoms with Crippen molar-refractivity contribution >= 4 is 39.1 Å². The Hall–Kier alpha value is 1.67. The summed E-state index contributed by atoms with van der Waals surface area (Å²) in [5.41, 5.74) is 0. The van der Waals surface area contributed by atoms with E-state index < -0.39 is 39.1 Å². The predicted octanol–water partition coefficient (Wildman–Crippen LogP) is -4.39. The monoisotopic (exact) mass is 460 g/mol. The van der Waals surface area contributed by atoms with Gasteiger partial charge in [-0.1, -0.05) is 0 Å². The van der Waals surface area contributed by atoms with Gasteiger partial charge in [0.1, 0.15) is 0 Å². The van der Waals surface area contributed by atoms with Crippen molar-refractivity contribution in [1.82, 2.24) is 0 Å². The predicted molar refractivity (Wildman–Crippen MR) is 62.4 cm³/mol. The average Bonchev–Trinajstić information content (AvgIpc) is 1.82. The molecule has 0 heterocycles. The molecule has 0 bridgehead atoms. The van der Waals surface area contributed by atoms with Gasteiger partial charge in [-0.15, -0.1) is 0 Å². The minimum atomic E-state index is -5.46. The Balaban J connectivity index is -0.000000162. The van der Waals surface area contributed by atoms with Crippen LogP contribution in [0.25, 0.3) is 0 Å². The first-order chi connectivity index (χ1) is 9.12. The van der Waals surface area contributed by atoms with Crippen LogP contribution < -0.4 is 29.6 Å². The Morgan fingerprint density at radius 3 is 0.739 bits per heavy atom. The van der Waals surface area contributed by atoms with Gasteiger partial charge < -0.3 is 45.5 Å². The van der Waals surface area contributed by atoms with E-state index in [1.54, 1.807) is 0 Å². The van der Waals surface area contributed by atoms with Gasteiger partial charge in [-0.3, -0.25) is 0 Å². The van der Waals surface area contributed by atoms with E-state index in [0.717, 1.165) is 0 Å². The van der Waals surface area contributed by atoms with Crippen LogP contribution in [0.1, 0.15) is 1.43 Å². The first-order valence-electron chi connectivity index (χ1n) is 3.81. The Labute approximate surface area is 150 Å². The number of phosphoric acid groups is 5. The van der Waals surface area contributed by atoms with Gasteiger partial charge in [0.05, 0.1) is 0 Å². The smallest absolute Gasteiger partial charge is 1.00 e. The SMILES string of the molecule is O=P(O)(O)OP(=O)(O)O.O=P(O)(O)OP(=O)(O)OP(=O)(O)O.[H-].[Na+]. The van der Waals surface area contributed by atoms with Gasteiger partial charge >= 0.3 is 68.7 Å². The van der Waals surface area contributed by atoms with Crippen molar-refractivity contribution < 1.29 is 111 Å². The molecule has 0 radical (unpaired) electrons. The molecule has 0 fully saturated rings. The maximum Gasteiger partial charge on any atom is 1.00 e. The van der Waals surface area contributed by atoms with E-state index in [9.17, 15) is 22.8 Å². The molecule has 0 aliphatic carbocycles. The Morgan fingerprint density at radius 2 is 0.652 bits per heavy atom. The third-order valence-electron chi connectivity index (χ3n) is 0.632.